The van der Waals surface area contributed by atoms with E-state index in [0.717, 1.165) is 11.3 Å². The molecule has 0 aromatic rings. The topological polar surface area (TPSA) is 63.7 Å². The molecule has 0 aromatic carbocycles. The molecule has 0 radical (unpaired) electrons. The van der Waals surface area contributed by atoms with Gasteiger partial charge in [0.15, 0.2) is 0 Å². The van der Waals surface area contributed by atoms with E-state index in [1.807, 2.05) is 12.2 Å². The van der Waals surface area contributed by atoms with Gasteiger partial charge in [0.05, 0.1) is 18.4 Å². The van der Waals surface area contributed by atoms with E-state index in [1.165, 1.54) is 0 Å². The van der Waals surface area contributed by atoms with Crippen molar-refractivity contribution in [3.63, 3.8) is 0 Å². The molecule has 3 rings (SSSR count). The van der Waals surface area contributed by atoms with Gasteiger partial charge in [0.1, 0.15) is 6.54 Å². The van der Waals surface area contributed by atoms with Crippen molar-refractivity contribution in [1.29, 1.82) is 0 Å². The van der Waals surface area contributed by atoms with Crippen LogP contribution >= 0.6 is 0 Å². The molecule has 0 spiro atoms. The SMILES string of the molecule is CCOC(=O)CN1C(=O)[C@H]2[C@H](C1=O)[C@H]1C=C[C@@H]2C1. The van der Waals surface area contributed by atoms with Crippen LogP contribution < -0.4 is 0 Å². The number of amides is 2. The largest absolute Gasteiger partial charge is 0.465 e. The van der Waals surface area contributed by atoms with E-state index in [1.54, 1.807) is 6.92 Å². The van der Waals surface area contributed by atoms with Crippen molar-refractivity contribution in [2.75, 3.05) is 13.2 Å². The maximum atomic E-state index is 12.2. The van der Waals surface area contributed by atoms with Gasteiger partial charge in [-0.25, -0.2) is 0 Å². The van der Waals surface area contributed by atoms with Crippen LogP contribution in [0.2, 0.25) is 0 Å². The van der Waals surface area contributed by atoms with Crippen LogP contribution in [0.4, 0.5) is 0 Å². The number of allylic oxidation sites excluding steroid dienone is 2. The molecular formula is C13H15NO4. The molecule has 18 heavy (non-hydrogen) atoms. The highest BCUT2D eigenvalue weighted by molar-refractivity contribution is 6.08. The van der Waals surface area contributed by atoms with E-state index in [2.05, 4.69) is 0 Å². The molecule has 5 nitrogen and oxygen atoms in total. The average Bonchev–Trinajstić information content (AvgIpc) is 2.99. The van der Waals surface area contributed by atoms with Crippen molar-refractivity contribution in [2.45, 2.75) is 13.3 Å². The van der Waals surface area contributed by atoms with Crippen LogP contribution in [0.15, 0.2) is 12.2 Å². The second-order valence-electron chi connectivity index (χ2n) is 5.07. The number of carbonyl (C=O) groups is 3. The van der Waals surface area contributed by atoms with Gasteiger partial charge < -0.3 is 4.74 Å². The summed E-state index contributed by atoms with van der Waals surface area (Å²) in [6.45, 7) is 1.72. The lowest BCUT2D eigenvalue weighted by Crippen LogP contribution is -2.37. The molecule has 3 aliphatic rings. The van der Waals surface area contributed by atoms with Gasteiger partial charge in [-0.3, -0.25) is 19.3 Å². The minimum Gasteiger partial charge on any atom is -0.465 e. The summed E-state index contributed by atoms with van der Waals surface area (Å²) >= 11 is 0. The van der Waals surface area contributed by atoms with Gasteiger partial charge in [-0.05, 0) is 25.2 Å². The Bertz CT molecular complexity index is 426. The third kappa shape index (κ3) is 1.43. The summed E-state index contributed by atoms with van der Waals surface area (Å²) in [5.41, 5.74) is 0. The molecular weight excluding hydrogens is 234 g/mol. The van der Waals surface area contributed by atoms with Gasteiger partial charge in [-0.15, -0.1) is 0 Å². The Labute approximate surface area is 105 Å². The number of rotatable bonds is 3. The second-order valence-corrected chi connectivity index (χ2v) is 5.07. The first-order chi connectivity index (χ1) is 8.63. The summed E-state index contributed by atoms with van der Waals surface area (Å²) in [5.74, 6) is -1.01. The molecule has 1 aliphatic heterocycles. The van der Waals surface area contributed by atoms with E-state index < -0.39 is 5.97 Å². The zero-order valence-corrected chi connectivity index (χ0v) is 10.2. The smallest absolute Gasteiger partial charge is 0.326 e. The number of esters is 1. The van der Waals surface area contributed by atoms with Crippen LogP contribution in [-0.4, -0.2) is 35.8 Å². The highest BCUT2D eigenvalue weighted by Gasteiger charge is 2.59. The number of hydrogen-bond donors (Lipinski definition) is 0. The number of imide groups is 1. The maximum absolute atomic E-state index is 12.2. The second kappa shape index (κ2) is 3.93. The first-order valence-corrected chi connectivity index (χ1v) is 6.32. The zero-order valence-electron chi connectivity index (χ0n) is 10.2. The lowest BCUT2D eigenvalue weighted by atomic mass is 9.85. The predicted octanol–water partition coefficient (Wildman–Crippen LogP) is 0.357. The fourth-order valence-corrected chi connectivity index (χ4v) is 3.46. The third-order valence-electron chi connectivity index (χ3n) is 4.15. The number of likely N-dealkylation sites (tertiary alicyclic amines) is 1. The normalized spacial score (nSPS) is 36.4. The zero-order chi connectivity index (χ0) is 12.9. The Balaban J connectivity index is 1.78. The van der Waals surface area contributed by atoms with Gasteiger partial charge in [-0.2, -0.15) is 0 Å². The molecule has 0 N–H and O–H groups in total. The molecule has 1 saturated carbocycles. The number of fused-ring (bicyclic) bond motifs is 5. The summed E-state index contributed by atoms with van der Waals surface area (Å²) in [4.78, 5) is 36.9. The van der Waals surface area contributed by atoms with Gasteiger partial charge in [-0.1, -0.05) is 12.2 Å². The van der Waals surface area contributed by atoms with Crippen LogP contribution in [0.3, 0.4) is 0 Å². The van der Waals surface area contributed by atoms with Crippen molar-refractivity contribution in [1.82, 2.24) is 4.90 Å². The molecule has 96 valence electrons. The van der Waals surface area contributed by atoms with Crippen LogP contribution in [-0.2, 0) is 19.1 Å². The quantitative estimate of drug-likeness (QED) is 0.411. The van der Waals surface area contributed by atoms with E-state index in [9.17, 15) is 14.4 Å². The lowest BCUT2D eigenvalue weighted by molar-refractivity contribution is -0.153. The average molecular weight is 249 g/mol. The maximum Gasteiger partial charge on any atom is 0.326 e. The summed E-state index contributed by atoms with van der Waals surface area (Å²) < 4.78 is 4.79. The number of ether oxygens (including phenoxy) is 1. The minimum absolute atomic E-state index is 0.184. The van der Waals surface area contributed by atoms with Crippen molar-refractivity contribution in [3.8, 4) is 0 Å². The van der Waals surface area contributed by atoms with Gasteiger partial charge in [0, 0.05) is 0 Å². The molecule has 5 heteroatoms. The monoisotopic (exact) mass is 249 g/mol. The molecule has 4 atom stereocenters. The van der Waals surface area contributed by atoms with Crippen molar-refractivity contribution < 1.29 is 19.1 Å². The molecule has 2 bridgehead atoms. The molecule has 2 aliphatic carbocycles. The van der Waals surface area contributed by atoms with E-state index in [0.29, 0.717) is 0 Å². The highest BCUT2D eigenvalue weighted by atomic mass is 16.5. The number of hydrogen-bond acceptors (Lipinski definition) is 4. The van der Waals surface area contributed by atoms with Gasteiger partial charge >= 0.3 is 5.97 Å². The Morgan fingerprint density at radius 2 is 1.83 bits per heavy atom. The van der Waals surface area contributed by atoms with Crippen molar-refractivity contribution >= 4 is 17.8 Å². The molecule has 1 heterocycles. The fraction of sp³-hybridized carbons (Fsp3) is 0.615. The number of nitrogens with zero attached hydrogens (tertiary/aromatic N) is 1. The first kappa shape index (κ1) is 11.4. The molecule has 2 fully saturated rings. The predicted molar refractivity (Wildman–Crippen MR) is 61.1 cm³/mol. The standard InChI is InChI=1S/C13H15NO4/c1-2-18-9(15)6-14-12(16)10-7-3-4-8(5-7)11(10)13(14)17/h3-4,7-8,10-11H,2,5-6H2,1H3/t7-,8+,10-,11-/m1/s1. The summed E-state index contributed by atoms with van der Waals surface area (Å²) in [5, 5.41) is 0. The van der Waals surface area contributed by atoms with Crippen LogP contribution in [0.1, 0.15) is 13.3 Å². The molecule has 2 amide bonds. The van der Waals surface area contributed by atoms with Gasteiger partial charge in [0.2, 0.25) is 11.8 Å². The summed E-state index contributed by atoms with van der Waals surface area (Å²) in [7, 11) is 0. The van der Waals surface area contributed by atoms with Crippen molar-refractivity contribution in [2.24, 2.45) is 23.7 Å². The third-order valence-corrected chi connectivity index (χ3v) is 4.15. The van der Waals surface area contributed by atoms with Crippen LogP contribution in [0.25, 0.3) is 0 Å². The van der Waals surface area contributed by atoms with E-state index in [-0.39, 0.29) is 48.6 Å². The van der Waals surface area contributed by atoms with Crippen LogP contribution in [0, 0.1) is 23.7 Å². The Morgan fingerprint density at radius 3 is 2.33 bits per heavy atom. The highest BCUT2D eigenvalue weighted by Crippen LogP contribution is 2.52. The van der Waals surface area contributed by atoms with E-state index in [4.69, 9.17) is 4.74 Å². The summed E-state index contributed by atoms with van der Waals surface area (Å²) in [6.07, 6.45) is 4.97. The molecule has 0 aromatic heterocycles. The van der Waals surface area contributed by atoms with E-state index >= 15 is 0 Å². The first-order valence-electron chi connectivity index (χ1n) is 6.32. The minimum atomic E-state index is -0.514. The van der Waals surface area contributed by atoms with Crippen LogP contribution in [0.5, 0.6) is 0 Å². The Morgan fingerprint density at radius 1 is 1.28 bits per heavy atom. The lowest BCUT2D eigenvalue weighted by Gasteiger charge is -2.15. The fourth-order valence-electron chi connectivity index (χ4n) is 3.46. The Hall–Kier alpha value is -1.65. The van der Waals surface area contributed by atoms with Crippen molar-refractivity contribution in [3.05, 3.63) is 12.2 Å². The summed E-state index contributed by atoms with van der Waals surface area (Å²) in [6, 6.07) is 0. The molecule has 1 saturated heterocycles. The number of carbonyl (C=O) groups excluding carboxylic acids is 3. The molecule has 0 unspecified atom stereocenters. The Kier molecular flexibility index (Phi) is 2.50. The van der Waals surface area contributed by atoms with Gasteiger partial charge in [0.25, 0.3) is 0 Å².